The molecule has 0 aliphatic rings. The van der Waals surface area contributed by atoms with E-state index in [2.05, 4.69) is 10.3 Å². The number of carbonyl (C=O) groups excluding carboxylic acids is 1. The minimum Gasteiger partial charge on any atom is -0.448 e. The highest BCUT2D eigenvalue weighted by Crippen LogP contribution is 2.28. The number of imidazole rings is 1. The summed E-state index contributed by atoms with van der Waals surface area (Å²) in [5, 5.41) is 5.38. The molecular formula is C21H14FN3O2S. The first kappa shape index (κ1) is 16.7. The van der Waals surface area contributed by atoms with Crippen molar-refractivity contribution in [2.24, 2.45) is 0 Å². The molecule has 2 aromatic carbocycles. The van der Waals surface area contributed by atoms with Crippen molar-refractivity contribution in [1.82, 2.24) is 9.38 Å². The zero-order valence-electron chi connectivity index (χ0n) is 14.8. The number of anilines is 1. The summed E-state index contributed by atoms with van der Waals surface area (Å²) >= 11 is 1.57. The van der Waals surface area contributed by atoms with E-state index in [1.165, 1.54) is 6.07 Å². The smallest absolute Gasteiger partial charge is 0.291 e. The maximum atomic E-state index is 13.9. The molecule has 0 aliphatic heterocycles. The van der Waals surface area contributed by atoms with Crippen LogP contribution in [0.15, 0.2) is 64.7 Å². The maximum Gasteiger partial charge on any atom is 0.291 e. The van der Waals surface area contributed by atoms with Crippen molar-refractivity contribution in [2.75, 3.05) is 5.32 Å². The van der Waals surface area contributed by atoms with Gasteiger partial charge >= 0.3 is 0 Å². The molecule has 138 valence electrons. The number of fused-ring (bicyclic) bond motifs is 2. The number of rotatable bonds is 3. The minimum absolute atomic E-state index is 0.0975. The number of aromatic nitrogens is 2. The van der Waals surface area contributed by atoms with E-state index in [1.807, 2.05) is 34.3 Å². The van der Waals surface area contributed by atoms with E-state index >= 15 is 0 Å². The monoisotopic (exact) mass is 391 g/mol. The van der Waals surface area contributed by atoms with E-state index in [4.69, 9.17) is 4.42 Å². The quantitative estimate of drug-likeness (QED) is 0.441. The minimum atomic E-state index is -0.482. The third-order valence-corrected chi connectivity index (χ3v) is 5.42. The topological polar surface area (TPSA) is 59.5 Å². The molecule has 1 N–H and O–H groups in total. The number of hydrogen-bond acceptors (Lipinski definition) is 4. The van der Waals surface area contributed by atoms with Gasteiger partial charge in [0.15, 0.2) is 22.1 Å². The van der Waals surface area contributed by atoms with Gasteiger partial charge in [-0.1, -0.05) is 24.3 Å². The fraction of sp³-hybridized carbons (Fsp3) is 0.0476. The Bertz CT molecular complexity index is 1300. The molecule has 0 unspecified atom stereocenters. The summed E-state index contributed by atoms with van der Waals surface area (Å²) in [5.74, 6) is -0.786. The molecule has 5 aromatic rings. The van der Waals surface area contributed by atoms with Gasteiger partial charge in [-0.3, -0.25) is 9.20 Å². The maximum absolute atomic E-state index is 13.9. The van der Waals surface area contributed by atoms with Gasteiger partial charge in [0, 0.05) is 40.0 Å². The van der Waals surface area contributed by atoms with Crippen LogP contribution in [0.3, 0.4) is 0 Å². The van der Waals surface area contributed by atoms with Crippen molar-refractivity contribution in [3.8, 4) is 11.3 Å². The molecule has 0 radical (unpaired) electrons. The molecule has 1 amide bonds. The van der Waals surface area contributed by atoms with Crippen LogP contribution in [0, 0.1) is 12.7 Å². The molecule has 0 bridgehead atoms. The summed E-state index contributed by atoms with van der Waals surface area (Å²) in [5.41, 5.74) is 3.15. The summed E-state index contributed by atoms with van der Waals surface area (Å²) in [6.07, 6.45) is 3.93. The van der Waals surface area contributed by atoms with Gasteiger partial charge in [0.2, 0.25) is 0 Å². The molecule has 5 nitrogen and oxygen atoms in total. The molecule has 0 spiro atoms. The van der Waals surface area contributed by atoms with Gasteiger partial charge in [0.05, 0.1) is 5.69 Å². The lowest BCUT2D eigenvalue weighted by Crippen LogP contribution is -2.12. The van der Waals surface area contributed by atoms with Crippen LogP contribution in [0.4, 0.5) is 10.1 Å². The van der Waals surface area contributed by atoms with Crippen LogP contribution in [0.2, 0.25) is 0 Å². The first-order chi connectivity index (χ1) is 13.6. The Morgan fingerprint density at radius 2 is 2.04 bits per heavy atom. The average Bonchev–Trinajstić information content (AvgIpc) is 3.37. The number of para-hydroxylation sites is 1. The number of thiazole rings is 1. The lowest BCUT2D eigenvalue weighted by atomic mass is 10.1. The van der Waals surface area contributed by atoms with Crippen LogP contribution < -0.4 is 5.32 Å². The number of carbonyl (C=O) groups is 1. The molecule has 3 aromatic heterocycles. The number of halogens is 1. The van der Waals surface area contributed by atoms with Crippen LogP contribution in [-0.2, 0) is 0 Å². The number of furan rings is 1. The Balaban J connectivity index is 1.40. The number of hydrogen-bond donors (Lipinski definition) is 1. The predicted molar refractivity (Wildman–Crippen MR) is 107 cm³/mol. The molecule has 7 heteroatoms. The van der Waals surface area contributed by atoms with E-state index in [0.29, 0.717) is 16.6 Å². The third-order valence-electron chi connectivity index (χ3n) is 4.65. The van der Waals surface area contributed by atoms with Crippen molar-refractivity contribution >= 4 is 38.9 Å². The highest BCUT2D eigenvalue weighted by atomic mass is 32.1. The lowest BCUT2D eigenvalue weighted by molar-refractivity contribution is 0.0997. The number of benzene rings is 2. The summed E-state index contributed by atoms with van der Waals surface area (Å²) in [6, 6.07) is 12.0. The van der Waals surface area contributed by atoms with Crippen LogP contribution in [0.1, 0.15) is 16.1 Å². The number of nitrogens with zero attached hydrogens (tertiary/aromatic N) is 2. The van der Waals surface area contributed by atoms with Crippen LogP contribution in [-0.4, -0.2) is 15.3 Å². The Labute approximate surface area is 163 Å². The summed E-state index contributed by atoms with van der Waals surface area (Å²) < 4.78 is 21.4. The van der Waals surface area contributed by atoms with Crippen molar-refractivity contribution < 1.29 is 13.6 Å². The Kier molecular flexibility index (Phi) is 3.77. The van der Waals surface area contributed by atoms with E-state index in [1.54, 1.807) is 42.5 Å². The first-order valence-corrected chi connectivity index (χ1v) is 9.50. The van der Waals surface area contributed by atoms with Crippen molar-refractivity contribution in [1.29, 1.82) is 0 Å². The molecule has 0 saturated heterocycles. The van der Waals surface area contributed by atoms with E-state index < -0.39 is 11.7 Å². The average molecular weight is 391 g/mol. The molecule has 5 rings (SSSR count). The second-order valence-corrected chi connectivity index (χ2v) is 7.30. The largest absolute Gasteiger partial charge is 0.448 e. The van der Waals surface area contributed by atoms with Gasteiger partial charge in [-0.25, -0.2) is 9.37 Å². The normalized spacial score (nSPS) is 11.4. The summed E-state index contributed by atoms with van der Waals surface area (Å²) in [7, 11) is 0. The predicted octanol–water partition coefficient (Wildman–Crippen LogP) is 5.51. The third kappa shape index (κ3) is 2.68. The lowest BCUT2D eigenvalue weighted by Gasteiger charge is -2.05. The molecule has 3 heterocycles. The van der Waals surface area contributed by atoms with Gasteiger partial charge in [-0.15, -0.1) is 11.3 Å². The second kappa shape index (κ2) is 6.31. The second-order valence-electron chi connectivity index (χ2n) is 6.42. The fourth-order valence-corrected chi connectivity index (χ4v) is 3.90. The summed E-state index contributed by atoms with van der Waals surface area (Å²) in [4.78, 5) is 18.1. The zero-order chi connectivity index (χ0) is 19.3. The van der Waals surface area contributed by atoms with Gasteiger partial charge in [0.1, 0.15) is 0 Å². The molecule has 0 saturated carbocycles. The number of nitrogens with one attached hydrogen (secondary N) is 1. The van der Waals surface area contributed by atoms with E-state index in [9.17, 15) is 9.18 Å². The Hall–Kier alpha value is -3.45. The first-order valence-electron chi connectivity index (χ1n) is 8.62. The van der Waals surface area contributed by atoms with Crippen molar-refractivity contribution in [3.63, 3.8) is 0 Å². The van der Waals surface area contributed by atoms with Crippen molar-refractivity contribution in [3.05, 3.63) is 77.4 Å². The Morgan fingerprint density at radius 1 is 1.21 bits per heavy atom. The van der Waals surface area contributed by atoms with E-state index in [-0.39, 0.29) is 11.3 Å². The fourth-order valence-electron chi connectivity index (χ4n) is 3.20. The highest BCUT2D eigenvalue weighted by Gasteiger charge is 2.19. The molecule has 0 aliphatic carbocycles. The van der Waals surface area contributed by atoms with Gasteiger partial charge in [0.25, 0.3) is 5.91 Å². The van der Waals surface area contributed by atoms with Gasteiger partial charge < -0.3 is 9.73 Å². The molecule has 28 heavy (non-hydrogen) atoms. The van der Waals surface area contributed by atoms with Crippen LogP contribution in [0.25, 0.3) is 27.2 Å². The molecule has 0 atom stereocenters. The van der Waals surface area contributed by atoms with Gasteiger partial charge in [-0.2, -0.15) is 0 Å². The highest BCUT2D eigenvalue weighted by molar-refractivity contribution is 7.15. The standard InChI is InChI=1S/C21H14FN3O2S/c1-12-15-3-2-4-16(22)19(15)27-18(12)20(26)23-14-7-5-13(6-8-14)17-11-25-9-10-28-21(25)24-17/h2-11H,1H3,(H,23,26). The molecular weight excluding hydrogens is 377 g/mol. The number of amides is 1. The van der Waals surface area contributed by atoms with Crippen LogP contribution in [0.5, 0.6) is 0 Å². The van der Waals surface area contributed by atoms with Crippen molar-refractivity contribution in [2.45, 2.75) is 6.92 Å². The molecule has 0 fully saturated rings. The SMILES string of the molecule is Cc1c(C(=O)Nc2ccc(-c3cn4ccsc4n3)cc2)oc2c(F)cccc12. The van der Waals surface area contributed by atoms with Crippen LogP contribution >= 0.6 is 11.3 Å². The zero-order valence-corrected chi connectivity index (χ0v) is 15.6. The Morgan fingerprint density at radius 3 is 2.79 bits per heavy atom. The number of aryl methyl sites for hydroxylation is 1. The van der Waals surface area contributed by atoms with Gasteiger partial charge in [-0.05, 0) is 25.1 Å². The summed E-state index contributed by atoms with van der Waals surface area (Å²) in [6.45, 7) is 1.74. The van der Waals surface area contributed by atoms with E-state index in [0.717, 1.165) is 16.2 Å².